The Labute approximate surface area is 158 Å². The third kappa shape index (κ3) is 5.49. The van der Waals surface area contributed by atoms with E-state index in [9.17, 15) is 4.79 Å². The zero-order chi connectivity index (χ0) is 18.4. The number of benzene rings is 1. The third-order valence-electron chi connectivity index (χ3n) is 4.59. The molecule has 1 amide bonds. The number of amides is 1. The van der Waals surface area contributed by atoms with Crippen LogP contribution in [0, 0.1) is 13.8 Å². The number of carbonyl (C=O) groups is 1. The van der Waals surface area contributed by atoms with Gasteiger partial charge in [-0.25, -0.2) is 0 Å². The number of nitrogens with zero attached hydrogens (tertiary/aromatic N) is 2. The van der Waals surface area contributed by atoms with Crippen molar-refractivity contribution in [2.24, 2.45) is 0 Å². The van der Waals surface area contributed by atoms with E-state index in [4.69, 9.17) is 9.15 Å². The van der Waals surface area contributed by atoms with E-state index in [0.29, 0.717) is 17.2 Å². The SMILES string of the molecule is Cc1ccc(OCc2nnc(SCC(=O)NC3CCCCC3)o2)cc1C. The number of ether oxygens (including phenoxy) is 1. The molecule has 0 saturated heterocycles. The molecule has 3 rings (SSSR count). The molecule has 0 bridgehead atoms. The molecule has 140 valence electrons. The minimum atomic E-state index is 0.0213. The van der Waals surface area contributed by atoms with Crippen LogP contribution in [0.2, 0.25) is 0 Å². The van der Waals surface area contributed by atoms with Gasteiger partial charge in [-0.15, -0.1) is 10.2 Å². The second-order valence-corrected chi connectivity index (χ2v) is 7.61. The minimum absolute atomic E-state index is 0.0213. The van der Waals surface area contributed by atoms with Crippen molar-refractivity contribution in [2.45, 2.75) is 63.8 Å². The van der Waals surface area contributed by atoms with Crippen LogP contribution in [0.3, 0.4) is 0 Å². The summed E-state index contributed by atoms with van der Waals surface area (Å²) >= 11 is 1.26. The number of carbonyl (C=O) groups excluding carboxylic acids is 1. The maximum atomic E-state index is 12.0. The fourth-order valence-electron chi connectivity index (χ4n) is 2.95. The highest BCUT2D eigenvalue weighted by Crippen LogP contribution is 2.21. The van der Waals surface area contributed by atoms with Gasteiger partial charge in [-0.05, 0) is 49.9 Å². The Hall–Kier alpha value is -2.02. The van der Waals surface area contributed by atoms with Gasteiger partial charge in [0, 0.05) is 6.04 Å². The Morgan fingerprint density at radius 3 is 2.81 bits per heavy atom. The van der Waals surface area contributed by atoms with E-state index in [0.717, 1.165) is 18.6 Å². The van der Waals surface area contributed by atoms with Gasteiger partial charge in [0.25, 0.3) is 11.1 Å². The third-order valence-corrected chi connectivity index (χ3v) is 5.40. The Kier molecular flexibility index (Phi) is 6.55. The fourth-order valence-corrected chi connectivity index (χ4v) is 3.54. The molecule has 1 heterocycles. The molecule has 0 radical (unpaired) electrons. The first-order valence-corrected chi connectivity index (χ1v) is 10.0. The van der Waals surface area contributed by atoms with Gasteiger partial charge in [-0.1, -0.05) is 37.1 Å². The lowest BCUT2D eigenvalue weighted by Crippen LogP contribution is -2.37. The molecule has 1 aliphatic rings. The molecule has 1 fully saturated rings. The van der Waals surface area contributed by atoms with E-state index in [2.05, 4.69) is 22.4 Å². The van der Waals surface area contributed by atoms with Crippen LogP contribution in [0.4, 0.5) is 0 Å². The maximum absolute atomic E-state index is 12.0. The molecule has 1 aliphatic carbocycles. The molecule has 1 saturated carbocycles. The van der Waals surface area contributed by atoms with Gasteiger partial charge in [-0.3, -0.25) is 4.79 Å². The lowest BCUT2D eigenvalue weighted by molar-refractivity contribution is -0.119. The molecule has 1 aromatic carbocycles. The average Bonchev–Trinajstić information content (AvgIpc) is 3.10. The fraction of sp³-hybridized carbons (Fsp3) is 0.526. The van der Waals surface area contributed by atoms with E-state index in [-0.39, 0.29) is 18.3 Å². The van der Waals surface area contributed by atoms with Crippen molar-refractivity contribution in [1.29, 1.82) is 0 Å². The van der Waals surface area contributed by atoms with Crippen molar-refractivity contribution in [2.75, 3.05) is 5.75 Å². The van der Waals surface area contributed by atoms with Crippen LogP contribution in [-0.4, -0.2) is 27.9 Å². The molecule has 26 heavy (non-hydrogen) atoms. The number of aryl methyl sites for hydroxylation is 2. The molecule has 1 N–H and O–H groups in total. The zero-order valence-corrected chi connectivity index (χ0v) is 16.1. The summed E-state index contributed by atoms with van der Waals surface area (Å²) in [5.41, 5.74) is 2.40. The highest BCUT2D eigenvalue weighted by molar-refractivity contribution is 7.99. The van der Waals surface area contributed by atoms with Crippen molar-refractivity contribution < 1.29 is 13.9 Å². The number of thioether (sulfide) groups is 1. The first-order valence-electron chi connectivity index (χ1n) is 9.05. The molecule has 6 nitrogen and oxygen atoms in total. The van der Waals surface area contributed by atoms with E-state index in [1.807, 2.05) is 25.1 Å². The Morgan fingerprint density at radius 1 is 1.23 bits per heavy atom. The largest absolute Gasteiger partial charge is 0.484 e. The van der Waals surface area contributed by atoms with Crippen molar-refractivity contribution in [1.82, 2.24) is 15.5 Å². The van der Waals surface area contributed by atoms with Crippen LogP contribution in [0.1, 0.15) is 49.1 Å². The molecular weight excluding hydrogens is 350 g/mol. The van der Waals surface area contributed by atoms with Gasteiger partial charge in [0.05, 0.1) is 5.75 Å². The highest BCUT2D eigenvalue weighted by Gasteiger charge is 2.16. The smallest absolute Gasteiger partial charge is 0.277 e. The second-order valence-electron chi connectivity index (χ2n) is 6.69. The molecule has 0 atom stereocenters. The zero-order valence-electron chi connectivity index (χ0n) is 15.3. The molecule has 1 aromatic heterocycles. The van der Waals surface area contributed by atoms with Gasteiger partial charge < -0.3 is 14.5 Å². The Balaban J connectivity index is 1.42. The molecule has 0 aliphatic heterocycles. The predicted octanol–water partition coefficient (Wildman–Crippen LogP) is 3.81. The van der Waals surface area contributed by atoms with E-state index in [1.54, 1.807) is 0 Å². The standard InChI is InChI=1S/C19H25N3O3S/c1-13-8-9-16(10-14(13)2)24-11-18-21-22-19(25-18)26-12-17(23)20-15-6-4-3-5-7-15/h8-10,15H,3-7,11-12H2,1-2H3,(H,20,23). The van der Waals surface area contributed by atoms with Crippen molar-refractivity contribution in [3.05, 3.63) is 35.2 Å². The Bertz CT molecular complexity index is 741. The average molecular weight is 375 g/mol. The summed E-state index contributed by atoms with van der Waals surface area (Å²) in [4.78, 5) is 12.0. The van der Waals surface area contributed by atoms with Gasteiger partial charge in [0.1, 0.15) is 5.75 Å². The first kappa shape index (κ1) is 18.8. The topological polar surface area (TPSA) is 77.2 Å². The summed E-state index contributed by atoms with van der Waals surface area (Å²) in [7, 11) is 0. The molecule has 0 spiro atoms. The summed E-state index contributed by atoms with van der Waals surface area (Å²) < 4.78 is 11.2. The van der Waals surface area contributed by atoms with E-state index >= 15 is 0 Å². The van der Waals surface area contributed by atoms with Crippen LogP contribution in [0.25, 0.3) is 0 Å². The highest BCUT2D eigenvalue weighted by atomic mass is 32.2. The van der Waals surface area contributed by atoms with Gasteiger partial charge >= 0.3 is 0 Å². The van der Waals surface area contributed by atoms with Crippen LogP contribution < -0.4 is 10.1 Å². The van der Waals surface area contributed by atoms with Crippen molar-refractivity contribution >= 4 is 17.7 Å². The number of nitrogens with one attached hydrogen (secondary N) is 1. The predicted molar refractivity (Wildman–Crippen MR) is 100 cm³/mol. The monoisotopic (exact) mass is 375 g/mol. The quantitative estimate of drug-likeness (QED) is 0.742. The van der Waals surface area contributed by atoms with Crippen molar-refractivity contribution in [3.63, 3.8) is 0 Å². The normalized spacial score (nSPS) is 15.0. The van der Waals surface area contributed by atoms with Gasteiger partial charge in [-0.2, -0.15) is 0 Å². The minimum Gasteiger partial charge on any atom is -0.484 e. The van der Waals surface area contributed by atoms with Crippen LogP contribution in [0.5, 0.6) is 5.75 Å². The van der Waals surface area contributed by atoms with E-state index < -0.39 is 0 Å². The molecule has 7 heteroatoms. The summed E-state index contributed by atoms with van der Waals surface area (Å²) in [6.45, 7) is 4.32. The lowest BCUT2D eigenvalue weighted by atomic mass is 9.95. The molecular formula is C19H25N3O3S. The number of rotatable bonds is 7. The first-order chi connectivity index (χ1) is 12.6. The van der Waals surface area contributed by atoms with Crippen LogP contribution in [0.15, 0.2) is 27.8 Å². The number of aromatic nitrogens is 2. The molecule has 2 aromatic rings. The number of hydrogen-bond donors (Lipinski definition) is 1. The summed E-state index contributed by atoms with van der Waals surface area (Å²) in [5.74, 6) is 1.48. The van der Waals surface area contributed by atoms with E-state index in [1.165, 1.54) is 42.2 Å². The van der Waals surface area contributed by atoms with Crippen molar-refractivity contribution in [3.8, 4) is 5.75 Å². The van der Waals surface area contributed by atoms with Gasteiger partial charge in [0.15, 0.2) is 6.61 Å². The number of hydrogen-bond acceptors (Lipinski definition) is 6. The molecule has 0 unspecified atom stereocenters. The summed E-state index contributed by atoms with van der Waals surface area (Å²) in [5, 5.41) is 11.4. The lowest BCUT2D eigenvalue weighted by Gasteiger charge is -2.22. The van der Waals surface area contributed by atoms with Gasteiger partial charge in [0.2, 0.25) is 5.91 Å². The van der Waals surface area contributed by atoms with Crippen LogP contribution in [-0.2, 0) is 11.4 Å². The Morgan fingerprint density at radius 2 is 2.04 bits per heavy atom. The van der Waals surface area contributed by atoms with Crippen LogP contribution >= 0.6 is 11.8 Å². The maximum Gasteiger partial charge on any atom is 0.277 e. The summed E-state index contributed by atoms with van der Waals surface area (Å²) in [6.07, 6.45) is 5.83. The summed E-state index contributed by atoms with van der Waals surface area (Å²) in [6, 6.07) is 6.24. The second kappa shape index (κ2) is 9.07.